The molecule has 0 fully saturated rings. The smallest absolute Gasteiger partial charge is 0.306 e. The second-order valence-electron chi connectivity index (χ2n) is 24.9. The first-order valence-electron chi connectivity index (χ1n) is 36.8. The lowest BCUT2D eigenvalue weighted by Gasteiger charge is -2.18. The maximum Gasteiger partial charge on any atom is 0.306 e. The summed E-state index contributed by atoms with van der Waals surface area (Å²) in [5, 5.41) is 0. The molecule has 0 aliphatic heterocycles. The highest BCUT2D eigenvalue weighted by atomic mass is 16.6. The summed E-state index contributed by atoms with van der Waals surface area (Å²) in [6.07, 6.45) is 92.6. The number of hydrogen-bond donors (Lipinski definition) is 0. The molecule has 0 saturated heterocycles. The summed E-state index contributed by atoms with van der Waals surface area (Å²) >= 11 is 0. The summed E-state index contributed by atoms with van der Waals surface area (Å²) in [6.45, 7) is 6.64. The lowest BCUT2D eigenvalue weighted by atomic mass is 10.0. The van der Waals surface area contributed by atoms with Crippen LogP contribution < -0.4 is 0 Å². The van der Waals surface area contributed by atoms with Gasteiger partial charge in [0.1, 0.15) is 13.2 Å². The van der Waals surface area contributed by atoms with Crippen molar-refractivity contribution in [3.8, 4) is 0 Å². The Morgan fingerprint density at radius 1 is 0.241 bits per heavy atom. The molecule has 0 saturated carbocycles. The monoisotopic (exact) mass is 1160 g/mol. The molecule has 1 atom stereocenters. The fourth-order valence-electron chi connectivity index (χ4n) is 10.9. The van der Waals surface area contributed by atoms with Gasteiger partial charge in [0.2, 0.25) is 0 Å². The van der Waals surface area contributed by atoms with E-state index in [1.165, 1.54) is 263 Å². The second-order valence-corrected chi connectivity index (χ2v) is 24.9. The molecule has 0 amide bonds. The van der Waals surface area contributed by atoms with E-state index in [-0.39, 0.29) is 31.1 Å². The quantitative estimate of drug-likeness (QED) is 0.0261. The third-order valence-corrected chi connectivity index (χ3v) is 16.5. The fraction of sp³-hybridized carbons (Fsp3) is 0.831. The van der Waals surface area contributed by atoms with E-state index in [4.69, 9.17) is 14.2 Å². The topological polar surface area (TPSA) is 78.9 Å². The number of ether oxygens (including phenoxy) is 3. The number of esters is 3. The van der Waals surface area contributed by atoms with E-state index in [0.29, 0.717) is 19.3 Å². The standard InChI is InChI=1S/C77H140O6/c1-4-7-10-13-16-19-22-25-28-30-32-34-36-37-38-39-40-41-42-44-45-47-49-52-55-58-61-64-67-70-76(79)82-73-74(72-81-75(78)69-66-63-60-57-54-51-27-24-21-18-15-12-9-6-3)83-77(80)71-68-65-62-59-56-53-50-48-46-43-35-33-31-29-26-23-20-17-14-11-8-5-2/h15,18,22,24-25,27,30,32,36-37,74H,4-14,16-17,19-21,23,26,28-29,31,33-35,38-73H2,1-3H3/b18-15-,25-22-,27-24-,32-30-,37-36-. The Morgan fingerprint density at radius 3 is 0.711 bits per heavy atom. The summed E-state index contributed by atoms with van der Waals surface area (Å²) in [5.41, 5.74) is 0. The van der Waals surface area contributed by atoms with Gasteiger partial charge in [0.25, 0.3) is 0 Å². The molecule has 484 valence electrons. The molecule has 0 spiro atoms. The molecule has 0 aromatic carbocycles. The van der Waals surface area contributed by atoms with E-state index >= 15 is 0 Å². The third kappa shape index (κ3) is 69.8. The van der Waals surface area contributed by atoms with Gasteiger partial charge in [0.05, 0.1) is 0 Å². The number of carbonyl (C=O) groups is 3. The minimum atomic E-state index is -0.780. The van der Waals surface area contributed by atoms with E-state index in [1.807, 2.05) is 0 Å². The fourth-order valence-corrected chi connectivity index (χ4v) is 10.9. The lowest BCUT2D eigenvalue weighted by Crippen LogP contribution is -2.30. The lowest BCUT2D eigenvalue weighted by molar-refractivity contribution is -0.167. The maximum atomic E-state index is 13.0. The van der Waals surface area contributed by atoms with Crippen LogP contribution >= 0.6 is 0 Å². The zero-order valence-electron chi connectivity index (χ0n) is 55.7. The molecular formula is C77H140O6. The van der Waals surface area contributed by atoms with Gasteiger partial charge in [-0.2, -0.15) is 0 Å². The summed E-state index contributed by atoms with van der Waals surface area (Å²) in [4.78, 5) is 38.5. The Bertz CT molecular complexity index is 1470. The molecule has 0 radical (unpaired) electrons. The van der Waals surface area contributed by atoms with Crippen molar-refractivity contribution in [2.75, 3.05) is 13.2 Å². The number of rotatable bonds is 68. The Kier molecular flexibility index (Phi) is 69.1. The van der Waals surface area contributed by atoms with Gasteiger partial charge in [0, 0.05) is 19.3 Å². The van der Waals surface area contributed by atoms with E-state index < -0.39 is 6.10 Å². The highest BCUT2D eigenvalue weighted by Crippen LogP contribution is 2.18. The van der Waals surface area contributed by atoms with E-state index in [0.717, 1.165) is 89.9 Å². The van der Waals surface area contributed by atoms with Gasteiger partial charge in [-0.1, -0.05) is 351 Å². The molecule has 0 bridgehead atoms. The van der Waals surface area contributed by atoms with E-state index in [2.05, 4.69) is 81.5 Å². The molecule has 0 N–H and O–H groups in total. The Hall–Kier alpha value is -2.89. The van der Waals surface area contributed by atoms with Crippen LogP contribution in [0.15, 0.2) is 60.8 Å². The number of unbranched alkanes of at least 4 members (excludes halogenated alkanes) is 47. The Morgan fingerprint density at radius 2 is 0.446 bits per heavy atom. The van der Waals surface area contributed by atoms with Crippen molar-refractivity contribution in [1.29, 1.82) is 0 Å². The number of carbonyl (C=O) groups excluding carboxylic acids is 3. The van der Waals surface area contributed by atoms with Gasteiger partial charge < -0.3 is 14.2 Å². The molecule has 0 heterocycles. The molecule has 83 heavy (non-hydrogen) atoms. The van der Waals surface area contributed by atoms with Crippen molar-refractivity contribution >= 4 is 17.9 Å². The van der Waals surface area contributed by atoms with Crippen molar-refractivity contribution in [2.45, 2.75) is 399 Å². The highest BCUT2D eigenvalue weighted by Gasteiger charge is 2.19. The average Bonchev–Trinajstić information content (AvgIpc) is 3.49. The summed E-state index contributed by atoms with van der Waals surface area (Å²) < 4.78 is 17.0. The first-order chi connectivity index (χ1) is 41.0. The molecule has 6 nitrogen and oxygen atoms in total. The normalized spacial score (nSPS) is 12.4. The second kappa shape index (κ2) is 71.6. The van der Waals surface area contributed by atoms with Gasteiger partial charge >= 0.3 is 17.9 Å². The zero-order chi connectivity index (χ0) is 59.9. The summed E-state index contributed by atoms with van der Waals surface area (Å²) in [5.74, 6) is -0.863. The molecule has 0 aromatic heterocycles. The van der Waals surface area contributed by atoms with E-state index in [1.54, 1.807) is 0 Å². The van der Waals surface area contributed by atoms with E-state index in [9.17, 15) is 14.4 Å². The van der Waals surface area contributed by atoms with Crippen LogP contribution in [0.3, 0.4) is 0 Å². The van der Waals surface area contributed by atoms with Gasteiger partial charge in [-0.15, -0.1) is 0 Å². The van der Waals surface area contributed by atoms with Crippen molar-refractivity contribution in [3.63, 3.8) is 0 Å². The van der Waals surface area contributed by atoms with Crippen molar-refractivity contribution < 1.29 is 28.6 Å². The van der Waals surface area contributed by atoms with Gasteiger partial charge in [-0.3, -0.25) is 14.4 Å². The Balaban J connectivity index is 4.24. The Labute approximate surface area is 517 Å². The van der Waals surface area contributed by atoms with Crippen LogP contribution in [0.5, 0.6) is 0 Å². The van der Waals surface area contributed by atoms with Crippen molar-refractivity contribution in [2.24, 2.45) is 0 Å². The minimum Gasteiger partial charge on any atom is -0.462 e. The summed E-state index contributed by atoms with van der Waals surface area (Å²) in [6, 6.07) is 0. The van der Waals surface area contributed by atoms with Crippen LogP contribution in [0.25, 0.3) is 0 Å². The molecule has 1 unspecified atom stereocenters. The average molecular weight is 1160 g/mol. The largest absolute Gasteiger partial charge is 0.462 e. The van der Waals surface area contributed by atoms with Crippen LogP contribution in [0.4, 0.5) is 0 Å². The van der Waals surface area contributed by atoms with Gasteiger partial charge in [-0.05, 0) is 83.5 Å². The highest BCUT2D eigenvalue weighted by molar-refractivity contribution is 5.71. The molecule has 0 aromatic rings. The van der Waals surface area contributed by atoms with Crippen LogP contribution in [-0.4, -0.2) is 37.2 Å². The first-order valence-corrected chi connectivity index (χ1v) is 36.8. The molecule has 6 heteroatoms. The first kappa shape index (κ1) is 80.1. The predicted octanol–water partition coefficient (Wildman–Crippen LogP) is 25.5. The SMILES string of the molecule is CCCC/C=C\C/C=C\CCCCCCCC(=O)OCC(COC(=O)CCCCCCCCCCCCCCCC/C=C\C/C=C\C/C=C\CCCCCCC)OC(=O)CCCCCCCCCCCCCCCCCCCCCCCC. The molecular weight excluding hydrogens is 1020 g/mol. The molecule has 0 aliphatic rings. The molecule has 0 aliphatic carbocycles. The third-order valence-electron chi connectivity index (χ3n) is 16.5. The number of allylic oxidation sites excluding steroid dienone is 10. The predicted molar refractivity (Wildman–Crippen MR) is 362 cm³/mol. The maximum absolute atomic E-state index is 13.0. The molecule has 0 rings (SSSR count). The van der Waals surface area contributed by atoms with Gasteiger partial charge in [-0.25, -0.2) is 0 Å². The van der Waals surface area contributed by atoms with Crippen LogP contribution in [0.1, 0.15) is 393 Å². The minimum absolute atomic E-state index is 0.0747. The van der Waals surface area contributed by atoms with Gasteiger partial charge in [0.15, 0.2) is 6.10 Å². The number of hydrogen-bond acceptors (Lipinski definition) is 6. The van der Waals surface area contributed by atoms with Crippen LogP contribution in [0, 0.1) is 0 Å². The van der Waals surface area contributed by atoms with Crippen LogP contribution in [-0.2, 0) is 28.6 Å². The van der Waals surface area contributed by atoms with Crippen molar-refractivity contribution in [1.82, 2.24) is 0 Å². The summed E-state index contributed by atoms with van der Waals surface area (Å²) in [7, 11) is 0. The van der Waals surface area contributed by atoms with Crippen molar-refractivity contribution in [3.05, 3.63) is 60.8 Å². The van der Waals surface area contributed by atoms with Crippen LogP contribution in [0.2, 0.25) is 0 Å². The zero-order valence-corrected chi connectivity index (χ0v) is 55.7.